The van der Waals surface area contributed by atoms with E-state index in [0.717, 1.165) is 0 Å². The highest BCUT2D eigenvalue weighted by atomic mass is 16.7. The molecule has 0 N–H and O–H groups in total. The maximum atomic E-state index is 11.8. The van der Waals surface area contributed by atoms with E-state index in [1.807, 2.05) is 0 Å². The third kappa shape index (κ3) is 2.20. The Morgan fingerprint density at radius 3 is 2.71 bits per heavy atom. The first-order chi connectivity index (χ1) is 9.99. The Labute approximate surface area is 120 Å². The Hall–Kier alpha value is -2.89. The summed E-state index contributed by atoms with van der Waals surface area (Å²) >= 11 is 0. The van der Waals surface area contributed by atoms with Gasteiger partial charge in [0.15, 0.2) is 0 Å². The number of nitrogens with zero attached hydrogens (tertiary/aromatic N) is 1. The van der Waals surface area contributed by atoms with Crippen LogP contribution >= 0.6 is 0 Å². The van der Waals surface area contributed by atoms with Crippen LogP contribution in [0.2, 0.25) is 0 Å². The van der Waals surface area contributed by atoms with E-state index in [0.29, 0.717) is 11.1 Å². The summed E-state index contributed by atoms with van der Waals surface area (Å²) in [6.45, 7) is 1.61. The van der Waals surface area contributed by atoms with E-state index in [1.54, 1.807) is 37.3 Å². The zero-order chi connectivity index (χ0) is 15.0. The van der Waals surface area contributed by atoms with Gasteiger partial charge in [0.05, 0.1) is 22.1 Å². The molecular weight excluding hydrogens is 274 g/mol. The molecule has 0 spiro atoms. The van der Waals surface area contributed by atoms with E-state index in [9.17, 15) is 14.9 Å². The fraction of sp³-hybridized carbons (Fsp3) is 0.133. The largest absolute Gasteiger partial charge is 0.448 e. The van der Waals surface area contributed by atoms with Crippen molar-refractivity contribution in [2.24, 2.45) is 0 Å². The molecule has 1 unspecified atom stereocenters. The highest BCUT2D eigenvalue weighted by Crippen LogP contribution is 2.38. The van der Waals surface area contributed by atoms with Crippen molar-refractivity contribution < 1.29 is 19.2 Å². The van der Waals surface area contributed by atoms with Crippen LogP contribution in [0.5, 0.6) is 5.75 Å². The molecule has 0 saturated heterocycles. The number of hydrogen-bond acceptors (Lipinski definition) is 5. The molecule has 3 rings (SSSR count). The van der Waals surface area contributed by atoms with Crippen LogP contribution in [-0.2, 0) is 10.5 Å². The number of ether oxygens (including phenoxy) is 2. The molecule has 1 atom stereocenters. The molecule has 6 heteroatoms. The highest BCUT2D eigenvalue weighted by Gasteiger charge is 2.43. The maximum Gasteiger partial charge on any atom is 0.342 e. The number of esters is 1. The average molecular weight is 285 g/mol. The van der Waals surface area contributed by atoms with Gasteiger partial charge in [-0.25, -0.2) is 4.79 Å². The van der Waals surface area contributed by atoms with Gasteiger partial charge < -0.3 is 9.47 Å². The smallest absolute Gasteiger partial charge is 0.342 e. The summed E-state index contributed by atoms with van der Waals surface area (Å²) in [5, 5.41) is 10.8. The number of cyclic esters (lactones) is 1. The standard InChI is InChI=1S/C15H11NO5/c1-15(13-8-3-2-7-12(13)14(17)21-15)20-11-6-4-5-10(9-11)16(18)19/h2-9H,1H3. The average Bonchev–Trinajstić information content (AvgIpc) is 2.71. The topological polar surface area (TPSA) is 78.7 Å². The molecule has 0 bridgehead atoms. The summed E-state index contributed by atoms with van der Waals surface area (Å²) in [7, 11) is 0. The van der Waals surface area contributed by atoms with Crippen LogP contribution in [-0.4, -0.2) is 10.9 Å². The van der Waals surface area contributed by atoms with Crippen molar-refractivity contribution in [1.29, 1.82) is 0 Å². The molecule has 1 heterocycles. The summed E-state index contributed by atoms with van der Waals surface area (Å²) in [5.74, 6) is -1.50. The van der Waals surface area contributed by atoms with Crippen LogP contribution < -0.4 is 4.74 Å². The van der Waals surface area contributed by atoms with Gasteiger partial charge >= 0.3 is 5.97 Å². The number of nitro groups is 1. The van der Waals surface area contributed by atoms with Crippen molar-refractivity contribution in [2.75, 3.05) is 0 Å². The van der Waals surface area contributed by atoms with Crippen LogP contribution in [0.1, 0.15) is 22.8 Å². The molecule has 0 aliphatic carbocycles. The van der Waals surface area contributed by atoms with Gasteiger partial charge in [-0.3, -0.25) is 10.1 Å². The minimum atomic E-state index is -1.29. The Morgan fingerprint density at radius 2 is 1.95 bits per heavy atom. The first-order valence-electron chi connectivity index (χ1n) is 6.26. The third-order valence-electron chi connectivity index (χ3n) is 3.26. The van der Waals surface area contributed by atoms with Crippen LogP contribution in [0, 0.1) is 10.1 Å². The van der Waals surface area contributed by atoms with Crippen molar-refractivity contribution in [3.05, 3.63) is 69.8 Å². The van der Waals surface area contributed by atoms with Gasteiger partial charge in [0.2, 0.25) is 0 Å². The molecule has 0 radical (unpaired) electrons. The molecule has 1 aliphatic rings. The number of fused-ring (bicyclic) bond motifs is 1. The molecule has 0 fully saturated rings. The van der Waals surface area contributed by atoms with Crippen LogP contribution in [0.15, 0.2) is 48.5 Å². The number of carbonyl (C=O) groups is 1. The van der Waals surface area contributed by atoms with Gasteiger partial charge in [0, 0.05) is 13.0 Å². The quantitative estimate of drug-likeness (QED) is 0.492. The third-order valence-corrected chi connectivity index (χ3v) is 3.26. The van der Waals surface area contributed by atoms with Gasteiger partial charge in [0.25, 0.3) is 11.5 Å². The van der Waals surface area contributed by atoms with Crippen molar-refractivity contribution >= 4 is 11.7 Å². The normalized spacial score (nSPS) is 19.8. The first-order valence-corrected chi connectivity index (χ1v) is 6.26. The second-order valence-corrected chi connectivity index (χ2v) is 4.74. The zero-order valence-corrected chi connectivity index (χ0v) is 11.1. The second-order valence-electron chi connectivity index (χ2n) is 4.74. The predicted molar refractivity (Wildman–Crippen MR) is 72.9 cm³/mol. The minimum Gasteiger partial charge on any atom is -0.448 e. The van der Waals surface area contributed by atoms with Crippen molar-refractivity contribution in [2.45, 2.75) is 12.7 Å². The molecule has 21 heavy (non-hydrogen) atoms. The lowest BCUT2D eigenvalue weighted by molar-refractivity contribution is -0.385. The molecule has 106 valence electrons. The van der Waals surface area contributed by atoms with E-state index in [2.05, 4.69) is 0 Å². The van der Waals surface area contributed by atoms with Crippen molar-refractivity contribution in [3.63, 3.8) is 0 Å². The second kappa shape index (κ2) is 4.59. The van der Waals surface area contributed by atoms with Crippen molar-refractivity contribution in [1.82, 2.24) is 0 Å². The highest BCUT2D eigenvalue weighted by molar-refractivity contribution is 5.94. The Balaban J connectivity index is 1.97. The monoisotopic (exact) mass is 285 g/mol. The Kier molecular flexibility index (Phi) is 2.86. The molecule has 1 aliphatic heterocycles. The lowest BCUT2D eigenvalue weighted by Gasteiger charge is -2.25. The van der Waals surface area contributed by atoms with Crippen LogP contribution in [0.4, 0.5) is 5.69 Å². The van der Waals surface area contributed by atoms with Gasteiger partial charge in [-0.2, -0.15) is 0 Å². The summed E-state index contributed by atoms with van der Waals surface area (Å²) < 4.78 is 11.0. The van der Waals surface area contributed by atoms with Crippen molar-refractivity contribution in [3.8, 4) is 5.75 Å². The zero-order valence-electron chi connectivity index (χ0n) is 11.1. The summed E-state index contributed by atoms with van der Waals surface area (Å²) in [4.78, 5) is 22.1. The fourth-order valence-corrected chi connectivity index (χ4v) is 2.31. The summed E-state index contributed by atoms with van der Waals surface area (Å²) in [6, 6.07) is 12.6. The first kappa shape index (κ1) is 13.1. The molecule has 0 saturated carbocycles. The molecule has 0 amide bonds. The summed E-state index contributed by atoms with van der Waals surface area (Å²) in [6.07, 6.45) is 0. The van der Waals surface area contributed by atoms with Crippen LogP contribution in [0.25, 0.3) is 0 Å². The van der Waals surface area contributed by atoms with Gasteiger partial charge in [-0.05, 0) is 12.1 Å². The molecule has 2 aromatic carbocycles. The number of carbonyl (C=O) groups excluding carboxylic acids is 1. The van der Waals surface area contributed by atoms with E-state index in [4.69, 9.17) is 9.47 Å². The summed E-state index contributed by atoms with van der Waals surface area (Å²) in [5.41, 5.74) is 0.945. The number of nitro benzene ring substituents is 1. The van der Waals surface area contributed by atoms with E-state index in [-0.39, 0.29) is 11.4 Å². The lowest BCUT2D eigenvalue weighted by Crippen LogP contribution is -2.29. The lowest BCUT2D eigenvalue weighted by atomic mass is 10.0. The number of hydrogen-bond donors (Lipinski definition) is 0. The van der Waals surface area contributed by atoms with Gasteiger partial charge in [0.1, 0.15) is 5.75 Å². The SMILES string of the molecule is CC1(Oc2cccc([N+](=O)[O-])c2)OC(=O)c2ccccc21. The number of non-ortho nitro benzene ring substituents is 1. The Morgan fingerprint density at radius 1 is 1.19 bits per heavy atom. The fourth-order valence-electron chi connectivity index (χ4n) is 2.31. The molecule has 0 aromatic heterocycles. The van der Waals surface area contributed by atoms with Gasteiger partial charge in [-0.15, -0.1) is 0 Å². The maximum absolute atomic E-state index is 11.8. The molecular formula is C15H11NO5. The van der Waals surface area contributed by atoms with Gasteiger partial charge in [-0.1, -0.05) is 24.3 Å². The number of rotatable bonds is 3. The minimum absolute atomic E-state index is 0.0892. The molecule has 6 nitrogen and oxygen atoms in total. The molecule has 2 aromatic rings. The van der Waals surface area contributed by atoms with E-state index >= 15 is 0 Å². The van der Waals surface area contributed by atoms with E-state index < -0.39 is 16.7 Å². The number of benzene rings is 2. The Bertz CT molecular complexity index is 742. The predicted octanol–water partition coefficient (Wildman–Crippen LogP) is 3.02. The van der Waals surface area contributed by atoms with Crippen LogP contribution in [0.3, 0.4) is 0 Å². The van der Waals surface area contributed by atoms with E-state index in [1.165, 1.54) is 18.2 Å².